The second-order valence-electron chi connectivity index (χ2n) is 31.5. The zero-order valence-electron chi connectivity index (χ0n) is 63.4. The van der Waals surface area contributed by atoms with Crippen molar-refractivity contribution in [2.45, 2.75) is 196 Å². The van der Waals surface area contributed by atoms with Crippen molar-refractivity contribution in [3.63, 3.8) is 0 Å². The van der Waals surface area contributed by atoms with Gasteiger partial charge in [-0.05, 0) is 154 Å². The van der Waals surface area contributed by atoms with Gasteiger partial charge >= 0.3 is 0 Å². The van der Waals surface area contributed by atoms with Crippen LogP contribution in [-0.2, 0) is 21.7 Å². The Morgan fingerprint density at radius 3 is 0.632 bits per heavy atom. The molecule has 13 aromatic rings. The van der Waals surface area contributed by atoms with Crippen molar-refractivity contribution < 1.29 is 36.0 Å². The molecule has 0 unspecified atom stereocenters. The fourth-order valence-electron chi connectivity index (χ4n) is 12.4. The number of benzene rings is 7. The van der Waals surface area contributed by atoms with Gasteiger partial charge < -0.3 is 36.0 Å². The summed E-state index contributed by atoms with van der Waals surface area (Å²) in [5.74, 6) is 3.98. The van der Waals surface area contributed by atoms with Crippen LogP contribution in [0.15, 0.2) is 172 Å². The summed E-state index contributed by atoms with van der Waals surface area (Å²) in [5.41, 5.74) is 11.9. The molecule has 6 heterocycles. The Kier molecular flexibility index (Phi) is 21.7. The van der Waals surface area contributed by atoms with Crippen molar-refractivity contribution in [1.82, 2.24) is 61.2 Å². The van der Waals surface area contributed by atoms with Gasteiger partial charge in [-0.25, -0.2) is 0 Å². The molecule has 0 N–H and O–H groups in total. The average molecular weight is 1420 g/mol. The Bertz CT molecular complexity index is 4540. The fraction of sp³-hybridized carbons (Fsp3) is 0.372. The maximum atomic E-state index is 6.84. The minimum atomic E-state index is -0.0391. The number of aromatic nitrogens is 12. The Morgan fingerprint density at radius 1 is 0.226 bits per heavy atom. The van der Waals surface area contributed by atoms with E-state index in [0.717, 1.165) is 86.5 Å². The van der Waals surface area contributed by atoms with Crippen LogP contribution in [0.3, 0.4) is 0 Å². The van der Waals surface area contributed by atoms with Crippen LogP contribution in [-0.4, -0.2) is 74.4 Å². The van der Waals surface area contributed by atoms with Gasteiger partial charge in [-0.2, -0.15) is 0 Å². The van der Waals surface area contributed by atoms with Crippen LogP contribution in [0.25, 0.3) is 137 Å². The number of hydrogen-bond donors (Lipinski definition) is 0. The molecule has 106 heavy (non-hydrogen) atoms. The average Bonchev–Trinajstić information content (AvgIpc) is 1.63. The summed E-state index contributed by atoms with van der Waals surface area (Å²) in [5, 5.41) is 55.3. The standard InChI is InChI=1S/C86H94N12O8/c1-15-17-19-21-23-25-43-99-69-51-68(82-98-96-80(106-82)62-49-59(77-93-89-73(103-77)55-31-39-65(40-32-55)85(9,10)11)46-60(50-62)78-94-90-74(104-78)56-33-41-66(42-34-56)86(12,13)14)70(100-44-26-24-22-20-18-16-2)52-67(69)81-97-95-79(105-81)61-47-57(75-91-87-71(101-75)53-27-35-63(36-28-53)83(3,4)5)45-58(48-61)76-92-88-72(102-76)54-29-37-64(38-30-54)84(6,7)8/h27-42,45-52H,15-26,43-44H2,1-14H3. The Labute approximate surface area is 619 Å². The largest absolute Gasteiger partial charge is 0.493 e. The monoisotopic (exact) mass is 1420 g/mol. The maximum Gasteiger partial charge on any atom is 0.252 e. The van der Waals surface area contributed by atoms with Crippen molar-refractivity contribution in [3.8, 4) is 149 Å². The molecular weight excluding hydrogens is 1330 g/mol. The predicted octanol–water partition coefficient (Wildman–Crippen LogP) is 22.7. The van der Waals surface area contributed by atoms with E-state index in [9.17, 15) is 0 Å². The molecule has 20 nitrogen and oxygen atoms in total. The first-order chi connectivity index (χ1) is 50.9. The molecule has 20 heteroatoms. The molecule has 6 aromatic heterocycles. The van der Waals surface area contributed by atoms with E-state index in [1.54, 1.807) is 0 Å². The Hall–Kier alpha value is -11.0. The first kappa shape index (κ1) is 73.3. The number of hydrogen-bond acceptors (Lipinski definition) is 20. The lowest BCUT2D eigenvalue weighted by atomic mass is 9.87. The van der Waals surface area contributed by atoms with E-state index in [1.807, 2.05) is 97.1 Å². The lowest BCUT2D eigenvalue weighted by Gasteiger charge is -2.18. The highest BCUT2D eigenvalue weighted by Gasteiger charge is 2.28. The summed E-state index contributed by atoms with van der Waals surface area (Å²) in [6.07, 6.45) is 12.7. The van der Waals surface area contributed by atoms with Gasteiger partial charge in [0.25, 0.3) is 11.8 Å². The van der Waals surface area contributed by atoms with Gasteiger partial charge in [0.05, 0.1) is 24.3 Å². The minimum Gasteiger partial charge on any atom is -0.493 e. The van der Waals surface area contributed by atoms with Crippen molar-refractivity contribution in [2.24, 2.45) is 0 Å². The van der Waals surface area contributed by atoms with Gasteiger partial charge in [0.15, 0.2) is 0 Å². The molecule has 0 fully saturated rings. The van der Waals surface area contributed by atoms with Gasteiger partial charge in [0.1, 0.15) is 11.5 Å². The molecule has 0 aliphatic heterocycles. The summed E-state index contributed by atoms with van der Waals surface area (Å²) in [7, 11) is 0. The van der Waals surface area contributed by atoms with Gasteiger partial charge in [0, 0.05) is 55.6 Å². The highest BCUT2D eigenvalue weighted by atomic mass is 16.5. The van der Waals surface area contributed by atoms with Crippen LogP contribution in [0, 0.1) is 0 Å². The molecule has 0 saturated carbocycles. The van der Waals surface area contributed by atoms with Crippen LogP contribution < -0.4 is 9.47 Å². The molecule has 0 amide bonds. The topological polar surface area (TPSA) is 252 Å². The molecule has 0 aliphatic rings. The van der Waals surface area contributed by atoms with Gasteiger partial charge in [0.2, 0.25) is 58.9 Å². The lowest BCUT2D eigenvalue weighted by Crippen LogP contribution is -2.10. The fourth-order valence-corrected chi connectivity index (χ4v) is 12.4. The SMILES string of the molecule is CCCCCCCCOc1cc(-c2nnc(-c3cc(-c4nnc(-c5ccc(C(C)(C)C)cc5)o4)cc(-c4nnc(-c5ccc(C(C)(C)C)cc5)o4)c3)o2)c(OCCCCCCCC)cc1-c1nnc(-c2cc(-c3nnc(-c4ccc(C(C)(C)C)cc4)o3)cc(-c3nnc(-c4ccc(C(C)(C)C)cc4)o3)c2)o1. The van der Waals surface area contributed by atoms with Gasteiger partial charge in [-0.1, -0.05) is 210 Å². The zero-order valence-corrected chi connectivity index (χ0v) is 63.4. The van der Waals surface area contributed by atoms with Crippen LogP contribution >= 0.6 is 0 Å². The van der Waals surface area contributed by atoms with E-state index < -0.39 is 0 Å². The number of nitrogens with zero attached hydrogens (tertiary/aromatic N) is 12. The van der Waals surface area contributed by atoms with Crippen LogP contribution in [0.1, 0.15) is 196 Å². The van der Waals surface area contributed by atoms with Gasteiger partial charge in [-0.3, -0.25) is 0 Å². The molecule has 13 rings (SSSR count). The molecule has 0 atom stereocenters. The highest BCUT2D eigenvalue weighted by molar-refractivity contribution is 5.79. The third kappa shape index (κ3) is 17.3. The van der Waals surface area contributed by atoms with Crippen molar-refractivity contribution >= 4 is 0 Å². The second-order valence-corrected chi connectivity index (χ2v) is 31.5. The summed E-state index contributed by atoms with van der Waals surface area (Å²) < 4.78 is 53.2. The van der Waals surface area contributed by atoms with E-state index in [-0.39, 0.29) is 68.8 Å². The molecule has 0 spiro atoms. The van der Waals surface area contributed by atoms with E-state index in [1.165, 1.54) is 35.1 Å². The molecule has 7 aromatic carbocycles. The highest BCUT2D eigenvalue weighted by Crippen LogP contribution is 2.44. The predicted molar refractivity (Wildman–Crippen MR) is 411 cm³/mol. The maximum absolute atomic E-state index is 6.84. The molecule has 0 aliphatic carbocycles. The van der Waals surface area contributed by atoms with E-state index in [4.69, 9.17) is 56.4 Å². The van der Waals surface area contributed by atoms with Gasteiger partial charge in [-0.15, -0.1) is 61.2 Å². The second kappa shape index (κ2) is 31.4. The van der Waals surface area contributed by atoms with Crippen LogP contribution in [0.4, 0.5) is 0 Å². The summed E-state index contributed by atoms with van der Waals surface area (Å²) in [4.78, 5) is 0. The zero-order chi connectivity index (χ0) is 74.3. The van der Waals surface area contributed by atoms with Crippen molar-refractivity contribution in [2.75, 3.05) is 13.2 Å². The smallest absolute Gasteiger partial charge is 0.252 e. The number of rotatable bonds is 28. The van der Waals surface area contributed by atoms with E-state index in [0.29, 0.717) is 92.8 Å². The summed E-state index contributed by atoms with van der Waals surface area (Å²) in [6, 6.07) is 47.5. The molecular formula is C86H94N12O8. The molecule has 0 bridgehead atoms. The molecule has 0 saturated heterocycles. The number of ether oxygens (including phenoxy) is 2. The summed E-state index contributed by atoms with van der Waals surface area (Å²) in [6.45, 7) is 31.4. The number of unbranched alkanes of at least 4 members (excludes halogenated alkanes) is 10. The van der Waals surface area contributed by atoms with Crippen LogP contribution in [0.5, 0.6) is 11.5 Å². The third-order valence-electron chi connectivity index (χ3n) is 18.9. The molecule has 0 radical (unpaired) electrons. The van der Waals surface area contributed by atoms with Crippen molar-refractivity contribution in [1.29, 1.82) is 0 Å². The quantitative estimate of drug-likeness (QED) is 0.0413. The first-order valence-corrected chi connectivity index (χ1v) is 37.1. The van der Waals surface area contributed by atoms with E-state index >= 15 is 0 Å². The van der Waals surface area contributed by atoms with Crippen LogP contribution in [0.2, 0.25) is 0 Å². The Balaban J connectivity index is 0.891. The lowest BCUT2D eigenvalue weighted by molar-refractivity contribution is 0.297. The summed E-state index contributed by atoms with van der Waals surface area (Å²) >= 11 is 0. The third-order valence-corrected chi connectivity index (χ3v) is 18.9. The normalized spacial score (nSPS) is 12.2. The Morgan fingerprint density at radius 2 is 0.415 bits per heavy atom. The van der Waals surface area contributed by atoms with Crippen molar-refractivity contribution in [3.05, 3.63) is 168 Å². The molecule has 546 valence electrons. The first-order valence-electron chi connectivity index (χ1n) is 37.1. The minimum absolute atomic E-state index is 0.0391. The van der Waals surface area contributed by atoms with E-state index in [2.05, 4.69) is 186 Å².